The summed E-state index contributed by atoms with van der Waals surface area (Å²) in [5.74, 6) is 0.952. The minimum atomic E-state index is 0.295. The normalized spacial score (nSPS) is 16.4. The van der Waals surface area contributed by atoms with Crippen molar-refractivity contribution in [2.75, 3.05) is 53.0 Å². The molecule has 0 aromatic heterocycles. The van der Waals surface area contributed by atoms with E-state index >= 15 is 0 Å². The van der Waals surface area contributed by atoms with Gasteiger partial charge in [0.1, 0.15) is 5.75 Å². The molecule has 4 nitrogen and oxygen atoms in total. The number of aliphatic hydroxyl groups is 1. The van der Waals surface area contributed by atoms with Crippen LogP contribution in [-0.2, 0) is 0 Å². The lowest BCUT2D eigenvalue weighted by Gasteiger charge is -2.31. The van der Waals surface area contributed by atoms with Gasteiger partial charge in [-0.15, -0.1) is 0 Å². The second kappa shape index (κ2) is 9.75. The highest BCUT2D eigenvalue weighted by Crippen LogP contribution is 2.10. The first-order chi connectivity index (χ1) is 9.65. The van der Waals surface area contributed by atoms with Crippen molar-refractivity contribution in [1.29, 1.82) is 0 Å². The maximum absolute atomic E-state index is 8.63. The van der Waals surface area contributed by atoms with Crippen molar-refractivity contribution in [3.05, 3.63) is 29.8 Å². The fourth-order valence-corrected chi connectivity index (χ4v) is 2.01. The van der Waals surface area contributed by atoms with Crippen molar-refractivity contribution in [3.8, 4) is 5.75 Å². The number of nitrogens with zero attached hydrogens (tertiary/aromatic N) is 2. The molecule has 0 unspecified atom stereocenters. The molecule has 0 atom stereocenters. The molecule has 2 rings (SSSR count). The van der Waals surface area contributed by atoms with Crippen LogP contribution in [0.3, 0.4) is 0 Å². The van der Waals surface area contributed by atoms with Gasteiger partial charge in [0.2, 0.25) is 0 Å². The topological polar surface area (TPSA) is 35.9 Å². The lowest BCUT2D eigenvalue weighted by molar-refractivity contribution is 0.128. The number of aryl methyl sites for hydroxylation is 1. The molecule has 20 heavy (non-hydrogen) atoms. The van der Waals surface area contributed by atoms with Crippen LogP contribution in [0, 0.1) is 6.92 Å². The Morgan fingerprint density at radius 3 is 2.20 bits per heavy atom. The largest absolute Gasteiger partial charge is 0.494 e. The first-order valence-corrected chi connectivity index (χ1v) is 7.37. The van der Waals surface area contributed by atoms with Crippen molar-refractivity contribution in [2.45, 2.75) is 13.8 Å². The summed E-state index contributed by atoms with van der Waals surface area (Å²) in [4.78, 5) is 4.61. The number of ether oxygens (including phenoxy) is 1. The van der Waals surface area contributed by atoms with Gasteiger partial charge < -0.3 is 14.7 Å². The Hall–Kier alpha value is -1.10. The Bertz CT molecular complexity index is 346. The van der Waals surface area contributed by atoms with E-state index < -0.39 is 0 Å². The van der Waals surface area contributed by atoms with Crippen molar-refractivity contribution < 1.29 is 9.84 Å². The van der Waals surface area contributed by atoms with Gasteiger partial charge in [-0.2, -0.15) is 0 Å². The molecule has 0 bridgehead atoms. The number of β-amino-alcohol motifs (C(OH)–C–C–N with tert-alkyl or cyclic N) is 1. The maximum Gasteiger partial charge on any atom is 0.119 e. The average Bonchev–Trinajstić information content (AvgIpc) is 2.45. The van der Waals surface area contributed by atoms with Crippen molar-refractivity contribution >= 4 is 0 Å². The molecule has 1 saturated heterocycles. The van der Waals surface area contributed by atoms with Gasteiger partial charge >= 0.3 is 0 Å². The summed E-state index contributed by atoms with van der Waals surface area (Å²) in [5, 5.41) is 8.63. The fourth-order valence-electron chi connectivity index (χ4n) is 2.01. The Morgan fingerprint density at radius 1 is 1.10 bits per heavy atom. The van der Waals surface area contributed by atoms with E-state index in [-0.39, 0.29) is 0 Å². The SMILES string of the molecule is CCOc1ccc(C)cc1.CN1CCN(CCO)CC1. The maximum atomic E-state index is 8.63. The van der Waals surface area contributed by atoms with Crippen LogP contribution >= 0.6 is 0 Å². The zero-order valence-corrected chi connectivity index (χ0v) is 13.0. The van der Waals surface area contributed by atoms with Crippen molar-refractivity contribution in [2.24, 2.45) is 0 Å². The van der Waals surface area contributed by atoms with Gasteiger partial charge in [-0.3, -0.25) is 4.90 Å². The second-order valence-corrected chi connectivity index (χ2v) is 5.11. The first kappa shape index (κ1) is 17.0. The number of piperazine rings is 1. The van der Waals surface area contributed by atoms with Crippen LogP contribution in [0.4, 0.5) is 0 Å². The van der Waals surface area contributed by atoms with Gasteiger partial charge in [0.05, 0.1) is 13.2 Å². The van der Waals surface area contributed by atoms with E-state index in [0.29, 0.717) is 6.61 Å². The molecule has 0 spiro atoms. The average molecular weight is 280 g/mol. The van der Waals surface area contributed by atoms with Crippen LogP contribution in [0.5, 0.6) is 5.75 Å². The van der Waals surface area contributed by atoms with Crippen LogP contribution in [0.15, 0.2) is 24.3 Å². The molecule has 0 radical (unpaired) electrons. The number of rotatable bonds is 4. The third-order valence-corrected chi connectivity index (χ3v) is 3.34. The molecule has 114 valence electrons. The van der Waals surface area contributed by atoms with Crippen LogP contribution in [0.25, 0.3) is 0 Å². The van der Waals surface area contributed by atoms with Crippen molar-refractivity contribution in [3.63, 3.8) is 0 Å². The minimum absolute atomic E-state index is 0.295. The fraction of sp³-hybridized carbons (Fsp3) is 0.625. The summed E-state index contributed by atoms with van der Waals surface area (Å²) in [6.45, 7) is 10.4. The lowest BCUT2D eigenvalue weighted by atomic mass is 10.2. The number of likely N-dealkylation sites (N-methyl/N-ethyl adjacent to an activating group) is 1. The van der Waals surface area contributed by atoms with E-state index in [1.165, 1.54) is 5.56 Å². The molecule has 1 N–H and O–H groups in total. The van der Waals surface area contributed by atoms with Gasteiger partial charge in [-0.25, -0.2) is 0 Å². The van der Waals surface area contributed by atoms with Gasteiger partial charge in [0, 0.05) is 32.7 Å². The quantitative estimate of drug-likeness (QED) is 0.909. The van der Waals surface area contributed by atoms with E-state index in [2.05, 4.69) is 23.8 Å². The molecule has 4 heteroatoms. The van der Waals surface area contributed by atoms with Crippen LogP contribution in [0.1, 0.15) is 12.5 Å². The Morgan fingerprint density at radius 2 is 1.70 bits per heavy atom. The Labute approximate surface area is 123 Å². The summed E-state index contributed by atoms with van der Waals surface area (Å²) < 4.78 is 5.26. The standard InChI is InChI=1S/C9H12O.C7H16N2O/c1-3-10-9-6-4-8(2)5-7-9;1-8-2-4-9(5-3-8)6-7-10/h4-7H,3H2,1-2H3;10H,2-7H2,1H3. The molecule has 1 aromatic carbocycles. The lowest BCUT2D eigenvalue weighted by Crippen LogP contribution is -2.45. The molecular formula is C16H28N2O2. The summed E-state index contributed by atoms with van der Waals surface area (Å²) >= 11 is 0. The predicted molar refractivity (Wildman–Crippen MR) is 83.4 cm³/mol. The molecule has 0 aliphatic carbocycles. The number of benzene rings is 1. The van der Waals surface area contributed by atoms with E-state index in [1.54, 1.807) is 0 Å². The number of hydrogen-bond donors (Lipinski definition) is 1. The molecular weight excluding hydrogens is 252 g/mol. The van der Waals surface area contributed by atoms with E-state index in [9.17, 15) is 0 Å². The van der Waals surface area contributed by atoms with E-state index in [0.717, 1.165) is 45.1 Å². The van der Waals surface area contributed by atoms with E-state index in [4.69, 9.17) is 9.84 Å². The molecule has 1 aliphatic rings. The van der Waals surface area contributed by atoms with Crippen LogP contribution < -0.4 is 4.74 Å². The van der Waals surface area contributed by atoms with Gasteiger partial charge in [0.25, 0.3) is 0 Å². The van der Waals surface area contributed by atoms with Crippen molar-refractivity contribution in [1.82, 2.24) is 9.80 Å². The molecule has 1 fully saturated rings. The van der Waals surface area contributed by atoms with Gasteiger partial charge in [-0.1, -0.05) is 17.7 Å². The number of aliphatic hydroxyl groups excluding tert-OH is 1. The third-order valence-electron chi connectivity index (χ3n) is 3.34. The third kappa shape index (κ3) is 6.89. The van der Waals surface area contributed by atoms with Gasteiger partial charge in [-0.05, 0) is 33.0 Å². The summed E-state index contributed by atoms with van der Waals surface area (Å²) in [5.41, 5.74) is 1.27. The predicted octanol–water partition coefficient (Wildman–Crippen LogP) is 1.62. The Balaban J connectivity index is 0.000000200. The molecule has 0 saturated carbocycles. The van der Waals surface area contributed by atoms with E-state index in [1.807, 2.05) is 31.2 Å². The van der Waals surface area contributed by atoms with Crippen LogP contribution in [-0.4, -0.2) is 67.9 Å². The summed E-state index contributed by atoms with van der Waals surface area (Å²) in [6.07, 6.45) is 0. The summed E-state index contributed by atoms with van der Waals surface area (Å²) in [7, 11) is 2.14. The number of hydrogen-bond acceptors (Lipinski definition) is 4. The smallest absolute Gasteiger partial charge is 0.119 e. The van der Waals surface area contributed by atoms with Gasteiger partial charge in [0.15, 0.2) is 0 Å². The zero-order chi connectivity index (χ0) is 14.8. The molecule has 0 amide bonds. The Kier molecular flexibility index (Phi) is 8.26. The summed E-state index contributed by atoms with van der Waals surface area (Å²) in [6, 6.07) is 8.06. The highest BCUT2D eigenvalue weighted by atomic mass is 16.5. The highest BCUT2D eigenvalue weighted by molar-refractivity contribution is 5.26. The van der Waals surface area contributed by atoms with Crippen LogP contribution in [0.2, 0.25) is 0 Å². The molecule has 1 aromatic rings. The molecule has 1 aliphatic heterocycles. The molecule has 1 heterocycles. The highest BCUT2D eigenvalue weighted by Gasteiger charge is 2.11. The first-order valence-electron chi connectivity index (χ1n) is 7.37. The minimum Gasteiger partial charge on any atom is -0.494 e. The second-order valence-electron chi connectivity index (χ2n) is 5.11. The zero-order valence-electron chi connectivity index (χ0n) is 13.0. The monoisotopic (exact) mass is 280 g/mol.